The number of rotatable bonds is 5. The summed E-state index contributed by atoms with van der Waals surface area (Å²) < 4.78 is 5.37. The smallest absolute Gasteiger partial charge is 0.177 e. The Kier molecular flexibility index (Phi) is 3.90. The number of ketones is 2. The summed E-state index contributed by atoms with van der Waals surface area (Å²) in [6.07, 6.45) is 12.6. The zero-order chi connectivity index (χ0) is 19.3. The fourth-order valence-electron chi connectivity index (χ4n) is 5.01. The van der Waals surface area contributed by atoms with E-state index in [9.17, 15) is 9.59 Å². The Hall–Kier alpha value is -2.88. The monoisotopic (exact) mass is 373 g/mol. The minimum absolute atomic E-state index is 0.00348. The van der Waals surface area contributed by atoms with Crippen LogP contribution in [0.1, 0.15) is 24.8 Å². The van der Waals surface area contributed by atoms with Crippen molar-refractivity contribution in [3.8, 4) is 5.75 Å². The Balaban J connectivity index is 1.29. The van der Waals surface area contributed by atoms with Crippen molar-refractivity contribution in [2.75, 3.05) is 7.11 Å². The normalized spacial score (nSPS) is 29.8. The molecular weight excluding hydrogens is 350 g/mol. The number of nitrogens with one attached hydrogen (secondary N) is 1. The molecule has 0 aromatic heterocycles. The Labute approximate surface area is 164 Å². The number of carbonyl (C=O) groups is 2. The summed E-state index contributed by atoms with van der Waals surface area (Å²) in [5.74, 6) is 1.49. The zero-order valence-corrected chi connectivity index (χ0v) is 15.9. The second-order valence-electron chi connectivity index (χ2n) is 8.11. The predicted octanol–water partition coefficient (Wildman–Crippen LogP) is 3.45. The van der Waals surface area contributed by atoms with Gasteiger partial charge in [-0.15, -0.1) is 0 Å². The number of hydrogen-bond donors (Lipinski definition) is 1. The van der Waals surface area contributed by atoms with E-state index >= 15 is 0 Å². The molecular formula is C24H23NO3. The Morgan fingerprint density at radius 1 is 1.36 bits per heavy atom. The summed E-state index contributed by atoms with van der Waals surface area (Å²) in [6.45, 7) is 0. The second-order valence-corrected chi connectivity index (χ2v) is 8.11. The van der Waals surface area contributed by atoms with E-state index in [1.54, 1.807) is 13.2 Å². The van der Waals surface area contributed by atoms with E-state index < -0.39 is 0 Å². The van der Waals surface area contributed by atoms with Crippen LogP contribution in [-0.2, 0) is 16.0 Å². The number of benzene rings is 1. The molecule has 3 atom stereocenters. The van der Waals surface area contributed by atoms with Gasteiger partial charge >= 0.3 is 0 Å². The van der Waals surface area contributed by atoms with Gasteiger partial charge in [0.25, 0.3) is 0 Å². The van der Waals surface area contributed by atoms with Crippen LogP contribution in [0.15, 0.2) is 71.5 Å². The van der Waals surface area contributed by atoms with E-state index in [1.807, 2.05) is 42.5 Å². The molecule has 5 rings (SSSR count). The zero-order valence-electron chi connectivity index (χ0n) is 15.9. The van der Waals surface area contributed by atoms with Crippen molar-refractivity contribution in [1.29, 1.82) is 0 Å². The van der Waals surface area contributed by atoms with Gasteiger partial charge in [0.2, 0.25) is 0 Å². The van der Waals surface area contributed by atoms with Crippen LogP contribution in [0.2, 0.25) is 0 Å². The maximum absolute atomic E-state index is 12.8. The molecule has 4 heteroatoms. The van der Waals surface area contributed by atoms with E-state index in [0.29, 0.717) is 18.8 Å². The number of piperidine rings is 1. The molecule has 3 aliphatic carbocycles. The third-order valence-corrected chi connectivity index (χ3v) is 6.58. The van der Waals surface area contributed by atoms with Crippen molar-refractivity contribution in [3.63, 3.8) is 0 Å². The summed E-state index contributed by atoms with van der Waals surface area (Å²) in [6, 6.07) is 7.67. The van der Waals surface area contributed by atoms with Gasteiger partial charge in [-0.1, -0.05) is 36.4 Å². The molecule has 1 aromatic rings. The molecule has 1 heterocycles. The second kappa shape index (κ2) is 6.33. The first-order valence-electron chi connectivity index (χ1n) is 9.86. The van der Waals surface area contributed by atoms with Crippen molar-refractivity contribution in [1.82, 2.24) is 5.32 Å². The van der Waals surface area contributed by atoms with Crippen LogP contribution in [-0.4, -0.2) is 24.7 Å². The van der Waals surface area contributed by atoms with Crippen LogP contribution < -0.4 is 10.1 Å². The van der Waals surface area contributed by atoms with Crippen molar-refractivity contribution < 1.29 is 14.3 Å². The predicted molar refractivity (Wildman–Crippen MR) is 107 cm³/mol. The molecule has 1 N–H and O–H groups in total. The van der Waals surface area contributed by atoms with E-state index in [0.717, 1.165) is 41.0 Å². The first-order valence-corrected chi connectivity index (χ1v) is 9.86. The number of allylic oxidation sites excluding steroid dienone is 7. The van der Waals surface area contributed by atoms with E-state index in [1.165, 1.54) is 0 Å². The van der Waals surface area contributed by atoms with Gasteiger partial charge < -0.3 is 10.1 Å². The fraction of sp³-hybridized carbons (Fsp3) is 0.333. The van der Waals surface area contributed by atoms with Crippen LogP contribution in [0, 0.1) is 11.3 Å². The summed E-state index contributed by atoms with van der Waals surface area (Å²) >= 11 is 0. The lowest BCUT2D eigenvalue weighted by atomic mass is 9.80. The van der Waals surface area contributed by atoms with Crippen molar-refractivity contribution in [3.05, 3.63) is 77.1 Å². The summed E-state index contributed by atoms with van der Waals surface area (Å²) in [4.78, 5) is 25.1. The van der Waals surface area contributed by atoms with Gasteiger partial charge in [0.1, 0.15) is 5.75 Å². The molecule has 28 heavy (non-hydrogen) atoms. The number of hydrogen-bond acceptors (Lipinski definition) is 4. The van der Waals surface area contributed by atoms with Gasteiger partial charge in [-0.25, -0.2) is 0 Å². The van der Waals surface area contributed by atoms with E-state index in [4.69, 9.17) is 4.74 Å². The Morgan fingerprint density at radius 2 is 2.21 bits per heavy atom. The molecule has 0 radical (unpaired) electrons. The minimum atomic E-state index is -0.180. The Bertz CT molecular complexity index is 997. The number of methoxy groups -OCH3 is 1. The fourth-order valence-corrected chi connectivity index (χ4v) is 5.01. The molecule has 1 saturated heterocycles. The highest BCUT2D eigenvalue weighted by Crippen LogP contribution is 2.68. The molecule has 1 spiro atoms. The lowest BCUT2D eigenvalue weighted by molar-refractivity contribution is -0.116. The quantitative estimate of drug-likeness (QED) is 0.803. The highest BCUT2D eigenvalue weighted by Gasteiger charge is 2.67. The average Bonchev–Trinajstić information content (AvgIpc) is 3.33. The van der Waals surface area contributed by atoms with Gasteiger partial charge in [0.15, 0.2) is 11.6 Å². The number of para-hydroxylation sites is 1. The van der Waals surface area contributed by atoms with E-state index in [2.05, 4.69) is 11.4 Å². The van der Waals surface area contributed by atoms with Crippen molar-refractivity contribution in [2.24, 2.45) is 11.3 Å². The number of carbonyl (C=O) groups excluding carboxylic acids is 2. The van der Waals surface area contributed by atoms with Crippen molar-refractivity contribution in [2.45, 2.75) is 31.7 Å². The molecule has 0 amide bonds. The van der Waals surface area contributed by atoms with Crippen LogP contribution in [0.25, 0.3) is 0 Å². The van der Waals surface area contributed by atoms with Crippen LogP contribution in [0.4, 0.5) is 0 Å². The average molecular weight is 373 g/mol. The van der Waals surface area contributed by atoms with Crippen LogP contribution >= 0.6 is 0 Å². The van der Waals surface area contributed by atoms with Gasteiger partial charge in [0.05, 0.1) is 13.2 Å². The highest BCUT2D eigenvalue weighted by molar-refractivity contribution is 6.01. The van der Waals surface area contributed by atoms with Gasteiger partial charge in [-0.2, -0.15) is 0 Å². The number of Topliss-reactive ketones (excluding diaryl/α,β-unsaturated/α-hetero) is 1. The molecule has 1 saturated carbocycles. The lowest BCUT2D eigenvalue weighted by Gasteiger charge is -2.25. The SMILES string of the molecule is COc1ccccc1C/C=C/C(=O)C1NC2=CC3=C(CC24CC14)C(=O)CC=C3. The maximum Gasteiger partial charge on any atom is 0.177 e. The van der Waals surface area contributed by atoms with Gasteiger partial charge in [-0.05, 0) is 54.5 Å². The van der Waals surface area contributed by atoms with Crippen molar-refractivity contribution >= 4 is 11.6 Å². The third kappa shape index (κ3) is 2.59. The van der Waals surface area contributed by atoms with Crippen LogP contribution in [0.5, 0.6) is 5.75 Å². The molecule has 0 bridgehead atoms. The topological polar surface area (TPSA) is 55.4 Å². The molecule has 4 aliphatic rings. The van der Waals surface area contributed by atoms with Gasteiger partial charge in [-0.3, -0.25) is 9.59 Å². The summed E-state index contributed by atoms with van der Waals surface area (Å²) in [5, 5.41) is 3.46. The number of ether oxygens (including phenoxy) is 1. The van der Waals surface area contributed by atoms with Crippen LogP contribution in [0.3, 0.4) is 0 Å². The molecule has 1 aromatic carbocycles. The van der Waals surface area contributed by atoms with E-state index in [-0.39, 0.29) is 23.0 Å². The first-order chi connectivity index (χ1) is 13.6. The first kappa shape index (κ1) is 17.2. The third-order valence-electron chi connectivity index (χ3n) is 6.58. The molecule has 142 valence electrons. The minimum Gasteiger partial charge on any atom is -0.496 e. The standard InChI is InChI=1S/C24H23NO3/c1-28-21-11-3-2-6-15(21)7-4-10-20(27)23-18-14-24(18)13-17-16(12-22(24)25-23)8-5-9-19(17)26/h2-6,8,10-12,18,23,25H,7,9,13-14H2,1H3/b10-4+. The van der Waals surface area contributed by atoms with Gasteiger partial charge in [0, 0.05) is 23.1 Å². The summed E-state index contributed by atoms with van der Waals surface area (Å²) in [5.41, 5.74) is 4.18. The molecule has 4 nitrogen and oxygen atoms in total. The lowest BCUT2D eigenvalue weighted by Crippen LogP contribution is -2.33. The largest absolute Gasteiger partial charge is 0.496 e. The maximum atomic E-state index is 12.8. The summed E-state index contributed by atoms with van der Waals surface area (Å²) in [7, 11) is 1.66. The molecule has 2 fully saturated rings. The molecule has 1 aliphatic heterocycles. The highest BCUT2D eigenvalue weighted by atomic mass is 16.5. The Morgan fingerprint density at radius 3 is 3.07 bits per heavy atom. The molecule has 3 unspecified atom stereocenters.